The molecule has 2 fully saturated rings. The third-order valence-corrected chi connectivity index (χ3v) is 19.4. The second-order valence-corrected chi connectivity index (χ2v) is 28.4. The van der Waals surface area contributed by atoms with Crippen molar-refractivity contribution < 1.29 is 101 Å². The molecule has 6 heterocycles. The van der Waals surface area contributed by atoms with Crippen LogP contribution in [0.5, 0.6) is 11.5 Å². The lowest BCUT2D eigenvalue weighted by atomic mass is 10.3. The van der Waals surface area contributed by atoms with Crippen LogP contribution in [0.25, 0.3) is 0 Å². The van der Waals surface area contributed by atoms with Gasteiger partial charge in [0.15, 0.2) is 0 Å². The molecule has 2 atom stereocenters. The molecule has 8 rings (SSSR count). The number of carboxylic acid groups (broad SMARTS) is 4. The van der Waals surface area contributed by atoms with E-state index < -0.39 is 23.9 Å². The first-order valence-corrected chi connectivity index (χ1v) is 40.7. The second-order valence-electron chi connectivity index (χ2n) is 25.0. The Morgan fingerprint density at radius 2 is 0.743 bits per heavy atom. The summed E-state index contributed by atoms with van der Waals surface area (Å²) < 4.78 is 77.1. The largest absolute Gasteiger partial charge is 0.491 e. The molecule has 0 amide bonds. The third kappa shape index (κ3) is 40.9. The van der Waals surface area contributed by atoms with Crippen LogP contribution in [0.1, 0.15) is 64.7 Å². The number of benzene rings is 2. The summed E-state index contributed by atoms with van der Waals surface area (Å²) in [6.45, 7) is 16.0. The monoisotopic (exact) mass is 1640 g/mol. The van der Waals surface area contributed by atoms with Gasteiger partial charge >= 0.3 is 23.9 Å². The normalized spacial score (nSPS) is 17.2. The van der Waals surface area contributed by atoms with Crippen molar-refractivity contribution in [2.24, 2.45) is 4.99 Å². The van der Waals surface area contributed by atoms with E-state index in [-0.39, 0.29) is 35.0 Å². The van der Waals surface area contributed by atoms with Crippen molar-refractivity contribution in [3.63, 3.8) is 0 Å². The minimum absolute atomic E-state index is 0.00101. The lowest BCUT2D eigenvalue weighted by Gasteiger charge is -2.25. The summed E-state index contributed by atoms with van der Waals surface area (Å²) in [5.41, 5.74) is 3.32. The molecule has 0 radical (unpaired) electrons. The number of carboxylic acids is 4. The fourth-order valence-electron chi connectivity index (χ4n) is 10.8. The first-order chi connectivity index (χ1) is 55.3. The first kappa shape index (κ1) is 92.4. The molecule has 2 aliphatic rings. The Morgan fingerprint density at radius 1 is 0.425 bits per heavy atom. The van der Waals surface area contributed by atoms with Crippen molar-refractivity contribution in [3.8, 4) is 16.9 Å². The molecule has 2 aliphatic heterocycles. The molecule has 2 aromatic carbocycles. The Hall–Kier alpha value is -7.74. The molecule has 0 spiro atoms. The zero-order chi connectivity index (χ0) is 80.0. The molecule has 35 heteroatoms. The molecule has 31 nitrogen and oxygen atoms in total. The minimum Gasteiger partial charge on any atom is -0.491 e. The Labute approximate surface area is 677 Å². The number of rotatable bonds is 35. The van der Waals surface area contributed by atoms with Crippen LogP contribution in [0.2, 0.25) is 0 Å². The van der Waals surface area contributed by atoms with Gasteiger partial charge in [-0.05, 0) is 121 Å². The highest BCUT2D eigenvalue weighted by Crippen LogP contribution is 2.22. The number of carbonyl (C=O) groups is 4. The maximum Gasteiger partial charge on any atom is 0.354 e. The zero-order valence-corrected chi connectivity index (χ0v) is 66.7. The number of nitrogens with zero attached hydrogens (tertiary/aromatic N) is 10. The summed E-state index contributed by atoms with van der Waals surface area (Å²) in [6.07, 6.45) is -0.402. The van der Waals surface area contributed by atoms with Crippen LogP contribution < -0.4 is 9.47 Å². The fourth-order valence-corrected chi connectivity index (χ4v) is 13.0. The van der Waals surface area contributed by atoms with E-state index in [0.29, 0.717) is 258 Å². The van der Waals surface area contributed by atoms with Crippen LogP contribution >= 0.6 is 47.5 Å². The summed E-state index contributed by atoms with van der Waals surface area (Å²) >= 11 is 9.16. The molecule has 0 unspecified atom stereocenters. The molecular weight excluding hydrogens is 1540 g/mol. The Kier molecular flexibility index (Phi) is 46.9. The van der Waals surface area contributed by atoms with E-state index in [1.54, 1.807) is 47.8 Å². The summed E-state index contributed by atoms with van der Waals surface area (Å²) in [6, 6.07) is 34.5. The number of isothiocyanates is 1. The van der Waals surface area contributed by atoms with E-state index in [1.807, 2.05) is 78.2 Å². The van der Waals surface area contributed by atoms with Crippen LogP contribution in [0.15, 0.2) is 131 Å². The van der Waals surface area contributed by atoms with E-state index in [9.17, 15) is 39.6 Å². The van der Waals surface area contributed by atoms with Gasteiger partial charge < -0.3 is 82.0 Å². The number of aromatic nitrogens is 4. The van der Waals surface area contributed by atoms with Crippen molar-refractivity contribution in [2.75, 3.05) is 221 Å². The molecule has 113 heavy (non-hydrogen) atoms. The molecule has 0 aliphatic carbocycles. The highest BCUT2D eigenvalue weighted by Gasteiger charge is 2.20. The first-order valence-electron chi connectivity index (χ1n) is 37.1. The maximum atomic E-state index is 11.5. The van der Waals surface area contributed by atoms with Gasteiger partial charge in [0.1, 0.15) is 52.9 Å². The molecule has 4 aromatic heterocycles. The molecule has 4 N–H and O–H groups in total. The Morgan fingerprint density at radius 3 is 1.08 bits per heavy atom. The highest BCUT2D eigenvalue weighted by atomic mass is 32.2. The average molecular weight is 1640 g/mol. The van der Waals surface area contributed by atoms with Gasteiger partial charge in [0.05, 0.1) is 178 Å². The molecule has 0 bridgehead atoms. The van der Waals surface area contributed by atoms with Crippen LogP contribution in [0.3, 0.4) is 0 Å². The number of pyridine rings is 4. The van der Waals surface area contributed by atoms with Crippen LogP contribution in [0, 0.1) is 10.7 Å². The number of thiocarbonyl (C=S) groups is 1. The Bertz CT molecular complexity index is 3780. The maximum absolute atomic E-state index is 11.5. The third-order valence-electron chi connectivity index (χ3n) is 16.5. The molecule has 0 saturated carbocycles. The van der Waals surface area contributed by atoms with E-state index in [0.717, 1.165) is 45.3 Å². The van der Waals surface area contributed by atoms with Crippen molar-refractivity contribution in [1.29, 1.82) is 5.26 Å². The van der Waals surface area contributed by atoms with Gasteiger partial charge in [0.2, 0.25) is 0 Å². The van der Waals surface area contributed by atoms with Crippen molar-refractivity contribution >= 4 is 82.2 Å². The van der Waals surface area contributed by atoms with E-state index in [1.165, 1.54) is 24.3 Å². The lowest BCUT2D eigenvalue weighted by molar-refractivity contribution is -0.0238. The van der Waals surface area contributed by atoms with E-state index in [2.05, 4.69) is 61.9 Å². The van der Waals surface area contributed by atoms with Gasteiger partial charge in [-0.25, -0.2) is 39.1 Å². The minimum atomic E-state index is -1.07. The number of thioether (sulfide) groups is 3. The van der Waals surface area contributed by atoms with Crippen molar-refractivity contribution in [1.82, 2.24) is 39.5 Å². The number of ether oxygens (including phenoxy) is 13. The lowest BCUT2D eigenvalue weighted by Crippen LogP contribution is -2.35. The number of hydrogen-bond acceptors (Lipinski definition) is 31. The molecule has 614 valence electrons. The van der Waals surface area contributed by atoms with Gasteiger partial charge in [-0.1, -0.05) is 24.3 Å². The summed E-state index contributed by atoms with van der Waals surface area (Å²) in [5.74, 6) is 0.0518. The SMILES string of the molecule is N#CSc1ccc(OCCOCCOCCSC[C@@H]2COCCN(Cc3cccc(C(=O)O)n3)CCOCCOCCN(Cc3cccc(C(=O)O)n3)CCO2)cc1.O=C(O)c1cccc(CN2CCOCCOCCN(Cc3cccc(C(=O)O)n3)CCO[C@H](CSCCOCCOc3ccc(N=C=S)cc3)COCC2)n1. The number of aliphatic imine (C=N–C) groups is 1. The van der Waals surface area contributed by atoms with Crippen LogP contribution in [0.4, 0.5) is 5.69 Å². The van der Waals surface area contributed by atoms with Crippen molar-refractivity contribution in [2.45, 2.75) is 43.3 Å². The average Bonchev–Trinajstić information content (AvgIpc) is 0.893. The number of thiocyanates is 1. The number of nitriles is 1. The highest BCUT2D eigenvalue weighted by molar-refractivity contribution is 8.03. The standard InChI is InChI=1S/C40H53N5O11S2.C38H49N5O10S2/c41-31-58-36-9-7-34(8-10-36)56-24-23-52-21-22-53-25-26-57-30-35-29-54-17-13-44(27-32-3-1-5-37(42-32)39(46)47)11-15-50-19-20-51-16-12-45(14-18-55-35)28-33-4-2-6-38(43-33)40(48)49;44-37(45)35-5-1-3-31(40-35)25-42-11-15-48-19-20-49-16-12-43(26-32-4-2-6-36(41-32)38(46)47)14-18-52-34(27-51-17-13-42)28-55-24-23-50-21-22-53-33-9-7-30(8-10-33)39-29-54/h1-10,35H,11-30H2,(H,46,47)(H,48,49);1-10,34H,11-28H2,(H,44,45)(H,46,47)/t35-;34-/m00/s1. The van der Waals surface area contributed by atoms with E-state index >= 15 is 0 Å². The quantitative estimate of drug-likeness (QED) is 0.00956. The van der Waals surface area contributed by atoms with Crippen LogP contribution in [-0.4, -0.2) is 322 Å². The summed E-state index contributed by atoms with van der Waals surface area (Å²) in [7, 11) is 0. The topological polar surface area (TPSA) is 370 Å². The molecule has 6 aromatic rings. The number of aromatic carboxylic acids is 4. The van der Waals surface area contributed by atoms with Gasteiger partial charge in [-0.3, -0.25) is 19.6 Å². The predicted molar refractivity (Wildman–Crippen MR) is 427 cm³/mol. The van der Waals surface area contributed by atoms with Crippen molar-refractivity contribution in [3.05, 3.63) is 167 Å². The smallest absolute Gasteiger partial charge is 0.354 e. The van der Waals surface area contributed by atoms with Gasteiger partial charge in [-0.2, -0.15) is 33.8 Å². The van der Waals surface area contributed by atoms with Gasteiger partial charge in [0.25, 0.3) is 0 Å². The van der Waals surface area contributed by atoms with Gasteiger partial charge in [0, 0.05) is 106 Å². The fraction of sp³-hybridized carbons (Fsp3) is 0.513. The summed E-state index contributed by atoms with van der Waals surface area (Å²) in [5, 5.41) is 50.8. The number of hydrogen-bond donors (Lipinski definition) is 4. The molecule has 2 saturated heterocycles. The summed E-state index contributed by atoms with van der Waals surface area (Å²) in [4.78, 5) is 76.4. The van der Waals surface area contributed by atoms with E-state index in [4.69, 9.17) is 66.8 Å². The second kappa shape index (κ2) is 57.3. The zero-order valence-electron chi connectivity index (χ0n) is 63.4. The Balaban J connectivity index is 0.000000314. The predicted octanol–water partition coefficient (Wildman–Crippen LogP) is 8.23. The molecular formula is C78H102N10O21S4. The van der Waals surface area contributed by atoms with Crippen LogP contribution in [-0.2, 0) is 78.3 Å². The van der Waals surface area contributed by atoms with Gasteiger partial charge in [-0.15, -0.1) is 0 Å².